The summed E-state index contributed by atoms with van der Waals surface area (Å²) in [5.74, 6) is 2.09. The number of aromatic nitrogens is 1. The van der Waals surface area contributed by atoms with Gasteiger partial charge in [-0.3, -0.25) is 0 Å². The van der Waals surface area contributed by atoms with E-state index in [4.69, 9.17) is 15.2 Å². The number of rotatable bonds is 7. The van der Waals surface area contributed by atoms with Crippen molar-refractivity contribution in [2.24, 2.45) is 0 Å². The molecule has 0 aliphatic heterocycles. The molecule has 0 atom stereocenters. The third kappa shape index (κ3) is 3.74. The predicted octanol–water partition coefficient (Wildman–Crippen LogP) is 3.12. The standard InChI is InChI=1S/C14H19N3O2S2/c1-18-10-5-4-9(8-11(10)19-2)6-7-16-14-12(20-3)13(15)17-21-14/h4-5,8,16H,6-7H2,1-3H3,(H2,15,17). The van der Waals surface area contributed by atoms with Crippen LogP contribution >= 0.6 is 23.3 Å². The number of nitrogens with two attached hydrogens (primary N) is 1. The normalized spacial score (nSPS) is 10.4. The smallest absolute Gasteiger partial charge is 0.160 e. The molecular weight excluding hydrogens is 306 g/mol. The third-order valence-electron chi connectivity index (χ3n) is 3.03. The molecule has 0 spiro atoms. The summed E-state index contributed by atoms with van der Waals surface area (Å²) in [7, 11) is 3.28. The molecule has 0 unspecified atom stereocenters. The van der Waals surface area contributed by atoms with Crippen molar-refractivity contribution in [2.75, 3.05) is 38.1 Å². The topological polar surface area (TPSA) is 69.4 Å². The highest BCUT2D eigenvalue weighted by Crippen LogP contribution is 2.34. The van der Waals surface area contributed by atoms with Gasteiger partial charge in [-0.05, 0) is 41.9 Å². The molecule has 2 rings (SSSR count). The molecule has 3 N–H and O–H groups in total. The van der Waals surface area contributed by atoms with E-state index in [9.17, 15) is 0 Å². The zero-order valence-corrected chi connectivity index (χ0v) is 13.9. The van der Waals surface area contributed by atoms with Crippen LogP contribution in [-0.2, 0) is 6.42 Å². The van der Waals surface area contributed by atoms with Gasteiger partial charge in [0.25, 0.3) is 0 Å². The average molecular weight is 325 g/mol. The van der Waals surface area contributed by atoms with Crippen molar-refractivity contribution in [2.45, 2.75) is 11.3 Å². The largest absolute Gasteiger partial charge is 0.493 e. The van der Waals surface area contributed by atoms with Gasteiger partial charge in [0.05, 0.1) is 19.1 Å². The van der Waals surface area contributed by atoms with Crippen LogP contribution in [0, 0.1) is 0 Å². The highest BCUT2D eigenvalue weighted by atomic mass is 32.2. The van der Waals surface area contributed by atoms with Crippen molar-refractivity contribution < 1.29 is 9.47 Å². The van der Waals surface area contributed by atoms with Crippen LogP contribution < -0.4 is 20.5 Å². The summed E-state index contributed by atoms with van der Waals surface area (Å²) in [5.41, 5.74) is 7.00. The Morgan fingerprint density at radius 1 is 1.29 bits per heavy atom. The minimum atomic E-state index is 0.598. The Kier molecular flexibility index (Phi) is 5.58. The summed E-state index contributed by atoms with van der Waals surface area (Å²) in [6, 6.07) is 5.96. The van der Waals surface area contributed by atoms with E-state index < -0.39 is 0 Å². The van der Waals surface area contributed by atoms with E-state index in [-0.39, 0.29) is 0 Å². The second-order valence-electron chi connectivity index (χ2n) is 4.30. The van der Waals surface area contributed by atoms with Crippen molar-refractivity contribution in [3.63, 3.8) is 0 Å². The van der Waals surface area contributed by atoms with Crippen LogP contribution in [0.5, 0.6) is 11.5 Å². The number of benzene rings is 1. The number of nitrogens with zero attached hydrogens (tertiary/aromatic N) is 1. The molecule has 0 fully saturated rings. The minimum Gasteiger partial charge on any atom is -0.493 e. The van der Waals surface area contributed by atoms with Crippen LogP contribution in [0.25, 0.3) is 0 Å². The van der Waals surface area contributed by atoms with Gasteiger partial charge in [0.1, 0.15) is 5.00 Å². The van der Waals surface area contributed by atoms with E-state index in [1.54, 1.807) is 26.0 Å². The SMILES string of the molecule is COc1ccc(CCNc2snc(N)c2SC)cc1OC. The number of thioether (sulfide) groups is 1. The highest BCUT2D eigenvalue weighted by Gasteiger charge is 2.10. The Morgan fingerprint density at radius 2 is 2.05 bits per heavy atom. The van der Waals surface area contributed by atoms with Crippen LogP contribution in [0.2, 0.25) is 0 Å². The van der Waals surface area contributed by atoms with Crippen molar-refractivity contribution in [3.05, 3.63) is 23.8 Å². The van der Waals surface area contributed by atoms with E-state index in [1.165, 1.54) is 17.1 Å². The molecule has 5 nitrogen and oxygen atoms in total. The quantitative estimate of drug-likeness (QED) is 0.762. The van der Waals surface area contributed by atoms with Crippen LogP contribution in [0.4, 0.5) is 10.8 Å². The van der Waals surface area contributed by atoms with Gasteiger partial charge in [0.15, 0.2) is 17.3 Å². The van der Waals surface area contributed by atoms with Gasteiger partial charge >= 0.3 is 0 Å². The number of hydrogen-bond donors (Lipinski definition) is 2. The van der Waals surface area contributed by atoms with Gasteiger partial charge in [0, 0.05) is 6.54 Å². The maximum Gasteiger partial charge on any atom is 0.160 e. The van der Waals surface area contributed by atoms with Gasteiger partial charge in [-0.25, -0.2) is 0 Å². The molecule has 0 aliphatic rings. The second-order valence-corrected chi connectivity index (χ2v) is 5.89. The fourth-order valence-electron chi connectivity index (χ4n) is 1.96. The summed E-state index contributed by atoms with van der Waals surface area (Å²) >= 11 is 3.01. The summed E-state index contributed by atoms with van der Waals surface area (Å²) in [6.45, 7) is 0.810. The van der Waals surface area contributed by atoms with Crippen molar-refractivity contribution in [1.82, 2.24) is 4.37 Å². The summed E-state index contributed by atoms with van der Waals surface area (Å²) in [6.07, 6.45) is 2.88. The average Bonchev–Trinajstić information content (AvgIpc) is 2.87. The van der Waals surface area contributed by atoms with Gasteiger partial charge in [0.2, 0.25) is 0 Å². The zero-order valence-electron chi connectivity index (χ0n) is 12.3. The van der Waals surface area contributed by atoms with Gasteiger partial charge < -0.3 is 20.5 Å². The second kappa shape index (κ2) is 7.42. The van der Waals surface area contributed by atoms with E-state index in [1.807, 2.05) is 24.5 Å². The predicted molar refractivity (Wildman–Crippen MR) is 90.0 cm³/mol. The maximum absolute atomic E-state index is 5.81. The first-order valence-corrected chi connectivity index (χ1v) is 8.43. The Morgan fingerprint density at radius 3 is 2.71 bits per heavy atom. The fraction of sp³-hybridized carbons (Fsp3) is 0.357. The molecule has 0 saturated carbocycles. The highest BCUT2D eigenvalue weighted by molar-refractivity contribution is 7.99. The van der Waals surface area contributed by atoms with E-state index in [0.717, 1.165) is 34.4 Å². The molecule has 1 aromatic heterocycles. The van der Waals surface area contributed by atoms with Gasteiger partial charge in [-0.1, -0.05) is 6.07 Å². The van der Waals surface area contributed by atoms with Crippen LogP contribution in [0.1, 0.15) is 5.56 Å². The fourth-order valence-corrected chi connectivity index (χ4v) is 3.53. The summed E-state index contributed by atoms with van der Waals surface area (Å²) < 4.78 is 14.7. The molecule has 1 aromatic carbocycles. The number of ether oxygens (including phenoxy) is 2. The van der Waals surface area contributed by atoms with Crippen LogP contribution in [0.3, 0.4) is 0 Å². The Bertz CT molecular complexity index is 602. The van der Waals surface area contributed by atoms with Gasteiger partial charge in [-0.15, -0.1) is 11.8 Å². The molecule has 7 heteroatoms. The van der Waals surface area contributed by atoms with Crippen molar-refractivity contribution in [3.8, 4) is 11.5 Å². The van der Waals surface area contributed by atoms with Crippen molar-refractivity contribution in [1.29, 1.82) is 0 Å². The first-order chi connectivity index (χ1) is 10.2. The first kappa shape index (κ1) is 15.8. The van der Waals surface area contributed by atoms with Gasteiger partial charge in [-0.2, -0.15) is 4.37 Å². The molecule has 0 aliphatic carbocycles. The van der Waals surface area contributed by atoms with Crippen LogP contribution in [0.15, 0.2) is 23.1 Å². The zero-order chi connectivity index (χ0) is 15.2. The Balaban J connectivity index is 1.97. The van der Waals surface area contributed by atoms with Crippen molar-refractivity contribution >= 4 is 34.1 Å². The molecule has 1 heterocycles. The Labute approximate surface area is 133 Å². The summed E-state index contributed by atoms with van der Waals surface area (Å²) in [5, 5.41) is 4.41. The molecule has 0 bridgehead atoms. The minimum absolute atomic E-state index is 0.598. The Hall–Kier alpha value is -1.60. The first-order valence-electron chi connectivity index (χ1n) is 6.43. The van der Waals surface area contributed by atoms with E-state index >= 15 is 0 Å². The molecule has 0 saturated heterocycles. The number of anilines is 2. The number of methoxy groups -OCH3 is 2. The molecule has 0 radical (unpaired) electrons. The number of nitrogen functional groups attached to an aromatic ring is 1. The lowest BCUT2D eigenvalue weighted by atomic mass is 10.1. The third-order valence-corrected chi connectivity index (χ3v) is 4.80. The molecule has 0 amide bonds. The molecule has 21 heavy (non-hydrogen) atoms. The van der Waals surface area contributed by atoms with Crippen LogP contribution in [-0.4, -0.2) is 31.4 Å². The lowest BCUT2D eigenvalue weighted by Gasteiger charge is -2.10. The number of hydrogen-bond acceptors (Lipinski definition) is 7. The van der Waals surface area contributed by atoms with E-state index in [2.05, 4.69) is 9.69 Å². The molecule has 2 aromatic rings. The maximum atomic E-state index is 5.81. The van der Waals surface area contributed by atoms with E-state index in [0.29, 0.717) is 5.82 Å². The lowest BCUT2D eigenvalue weighted by molar-refractivity contribution is 0.354. The molecular formula is C14H19N3O2S2. The molecule has 114 valence electrons. The lowest BCUT2D eigenvalue weighted by Crippen LogP contribution is -2.04. The summed E-state index contributed by atoms with van der Waals surface area (Å²) in [4.78, 5) is 1.02. The number of nitrogens with one attached hydrogen (secondary N) is 1. The monoisotopic (exact) mass is 325 g/mol.